The molecule has 144 heavy (non-hydrogen) atoms. The third kappa shape index (κ3) is 13.9. The summed E-state index contributed by atoms with van der Waals surface area (Å²) in [6, 6.07) is 165. The Hall–Kier alpha value is -15.1. The van der Waals surface area contributed by atoms with Crippen molar-refractivity contribution in [1.29, 1.82) is 0 Å². The summed E-state index contributed by atoms with van der Waals surface area (Å²) >= 11 is 0. The van der Waals surface area contributed by atoms with Crippen LogP contribution < -0.4 is 96.7 Å². The van der Waals surface area contributed by atoms with Crippen LogP contribution in [0.25, 0.3) is 65.7 Å². The number of rotatable bonds is 6. The van der Waals surface area contributed by atoms with E-state index < -0.39 is 38.9 Å². The van der Waals surface area contributed by atoms with Gasteiger partial charge >= 0.3 is 0 Å². The highest BCUT2D eigenvalue weighted by Crippen LogP contribution is 2.64. The minimum absolute atomic E-state index is 0.0202. The van der Waals surface area contributed by atoms with Crippen LogP contribution in [0.1, 0.15) is 109 Å². The molecule has 6 nitrogen and oxygen atoms in total. The predicted octanol–water partition coefficient (Wildman–Crippen LogP) is 21.1. The normalized spacial score (nSPS) is 18.0. The Morgan fingerprint density at radius 1 is 0.201 bits per heavy atom. The lowest BCUT2D eigenvalue weighted by molar-refractivity contribution is 0.563. The van der Waals surface area contributed by atoms with Crippen molar-refractivity contribution >= 4 is 218 Å². The van der Waals surface area contributed by atoms with Crippen LogP contribution in [0.15, 0.2) is 486 Å². The molecule has 20 aromatic rings. The Labute approximate surface area is 844 Å². The van der Waals surface area contributed by atoms with Crippen molar-refractivity contribution in [2.24, 2.45) is 0 Å². The van der Waals surface area contributed by atoms with E-state index in [0.29, 0.717) is 0 Å². The summed E-state index contributed by atoms with van der Waals surface area (Å²) < 4.78 is 62.3. The molecule has 0 amide bonds. The highest BCUT2D eigenvalue weighted by molar-refractivity contribution is 7.86. The SMILES string of the molecule is CC(C)(C)P1(=O)c2ccccc2C2=C(c3ccccc3B2c2ccccc2)c2c1ccc1ccccc21.CC(C)(C)P1(=O)c2ccccc2C2=C(c3ccccc3B2c2ccccc2)c2ccccc21.O=P1(c2ccccc2)c2ccccc2C2=C(c3ccccc3B2c2ccccc2)c2c1ccc1ccccc21.O=P1(c2ccccc2)c2cccnc2C2=C(c3ccccc3B2c2ccccc2)c2ncccc21. The molecule has 10 heterocycles. The molecule has 4 atom stereocenters. The second-order valence-electron chi connectivity index (χ2n) is 40.5. The van der Waals surface area contributed by atoms with Gasteiger partial charge in [0.1, 0.15) is 14.3 Å². The van der Waals surface area contributed by atoms with Gasteiger partial charge in [0.25, 0.3) is 0 Å². The van der Waals surface area contributed by atoms with Gasteiger partial charge in [-0.05, 0) is 125 Å². The van der Waals surface area contributed by atoms with Crippen molar-refractivity contribution in [1.82, 2.24) is 9.97 Å². The van der Waals surface area contributed by atoms with E-state index in [1.807, 2.05) is 115 Å². The number of hydrogen-bond acceptors (Lipinski definition) is 6. The Bertz CT molecular complexity index is 9030. The minimum atomic E-state index is -3.24. The van der Waals surface area contributed by atoms with Crippen molar-refractivity contribution < 1.29 is 18.3 Å². The zero-order valence-electron chi connectivity index (χ0n) is 80.8. The maximum atomic E-state index is 15.9. The topological polar surface area (TPSA) is 94.1 Å². The van der Waals surface area contributed by atoms with Crippen LogP contribution in [0, 0.1) is 0 Å². The summed E-state index contributed by atoms with van der Waals surface area (Å²) in [5.74, 6) is 0. The maximum Gasteiger partial charge on any atom is 0.245 e. The fourth-order valence-electron chi connectivity index (χ4n) is 24.8. The van der Waals surface area contributed by atoms with Gasteiger partial charge in [0.15, 0.2) is 14.3 Å². The summed E-state index contributed by atoms with van der Waals surface area (Å²) in [7, 11) is -12.5. The van der Waals surface area contributed by atoms with Crippen molar-refractivity contribution in [3.63, 3.8) is 0 Å². The van der Waals surface area contributed by atoms with Crippen molar-refractivity contribution in [2.45, 2.75) is 51.9 Å². The average molecular weight is 1920 g/mol. The van der Waals surface area contributed by atoms with Gasteiger partial charge in [0.2, 0.25) is 26.9 Å². The van der Waals surface area contributed by atoms with Crippen LogP contribution in [-0.2, 0) is 18.3 Å². The molecule has 28 rings (SSSR count). The van der Waals surface area contributed by atoms with Crippen LogP contribution in [0.3, 0.4) is 0 Å². The molecule has 14 heteroatoms. The van der Waals surface area contributed by atoms with Crippen LogP contribution in [0.4, 0.5) is 0 Å². The molecule has 0 fully saturated rings. The van der Waals surface area contributed by atoms with E-state index in [2.05, 4.69) is 406 Å². The molecule has 0 bridgehead atoms. The molecule has 8 aliphatic heterocycles. The van der Waals surface area contributed by atoms with Gasteiger partial charge in [0.05, 0.1) is 11.4 Å². The second kappa shape index (κ2) is 35.5. The second-order valence-corrected chi connectivity index (χ2v) is 52.9. The number of aromatic nitrogens is 2. The first-order valence-corrected chi connectivity index (χ1v) is 56.6. The number of benzene rings is 18. The largest absolute Gasteiger partial charge is 0.313 e. The molecule has 0 N–H and O–H groups in total. The van der Waals surface area contributed by atoms with E-state index in [4.69, 9.17) is 9.97 Å². The summed E-state index contributed by atoms with van der Waals surface area (Å²) in [6.07, 6.45) is 3.62. The lowest BCUT2D eigenvalue weighted by Crippen LogP contribution is -2.43. The Morgan fingerprint density at radius 3 is 0.889 bits per heavy atom. The van der Waals surface area contributed by atoms with Gasteiger partial charge in [-0.3, -0.25) is 9.97 Å². The summed E-state index contributed by atoms with van der Waals surface area (Å²) in [5.41, 5.74) is 33.0. The van der Waals surface area contributed by atoms with Gasteiger partial charge in [0, 0.05) is 92.5 Å². The lowest BCUT2D eigenvalue weighted by atomic mass is 9.37. The zero-order valence-corrected chi connectivity index (χ0v) is 84.4. The molecule has 0 saturated carbocycles. The summed E-state index contributed by atoms with van der Waals surface area (Å²) in [4.78, 5) is 9.82. The quantitative estimate of drug-likeness (QED) is 0.122. The number of hydrogen-bond donors (Lipinski definition) is 0. The highest BCUT2D eigenvalue weighted by Gasteiger charge is 2.54. The van der Waals surface area contributed by atoms with Crippen molar-refractivity contribution in [2.75, 3.05) is 0 Å². The molecule has 8 aliphatic rings. The lowest BCUT2D eigenvalue weighted by Gasteiger charge is -2.34. The van der Waals surface area contributed by atoms with Crippen LogP contribution in [-0.4, -0.2) is 47.1 Å². The van der Waals surface area contributed by atoms with Crippen molar-refractivity contribution in [3.05, 3.63) is 553 Å². The molecule has 0 spiro atoms. The Kier molecular flexibility index (Phi) is 22.2. The van der Waals surface area contributed by atoms with Gasteiger partial charge in [-0.1, -0.05) is 538 Å². The fourth-order valence-corrected chi connectivity index (χ4v) is 37.6. The molecule has 0 saturated heterocycles. The maximum absolute atomic E-state index is 15.9. The van der Waals surface area contributed by atoms with Crippen LogP contribution in [0.2, 0.25) is 0 Å². The molecule has 2 aromatic heterocycles. The minimum Gasteiger partial charge on any atom is -0.313 e. The summed E-state index contributed by atoms with van der Waals surface area (Å²) in [6.45, 7) is 13.0. The number of nitrogens with zero attached hydrogens (tertiary/aromatic N) is 2. The first kappa shape index (κ1) is 90.2. The monoisotopic (exact) mass is 1920 g/mol. The third-order valence-corrected chi connectivity index (χ3v) is 45.2. The van der Waals surface area contributed by atoms with Gasteiger partial charge in [-0.15, -0.1) is 0 Å². The van der Waals surface area contributed by atoms with Gasteiger partial charge < -0.3 is 18.3 Å². The number of pyridine rings is 2. The third-order valence-electron chi connectivity index (χ3n) is 30.9. The smallest absolute Gasteiger partial charge is 0.245 e. The number of fused-ring (bicyclic) bond motifs is 28. The molecular weight excluding hydrogens is 1820 g/mol. The summed E-state index contributed by atoms with van der Waals surface area (Å²) in [5, 5.41) is 12.8. The van der Waals surface area contributed by atoms with E-state index in [-0.39, 0.29) is 26.9 Å². The average Bonchev–Trinajstić information content (AvgIpc) is 1.52. The highest BCUT2D eigenvalue weighted by atomic mass is 31.2. The molecule has 0 aliphatic carbocycles. The standard InChI is InChI=1S/C36H24BOP.C34H28BOP.C30H20BN2OP.C30H26BOP/c38-39(27-16-5-2-6-17-27)32-22-12-10-20-30(32)36-35(34-28-18-8-7-13-25(28)23-24-33(34)39)29-19-9-11-21-31(29)37(36)26-14-3-1-4-15-26;1-34(2,3)37(36)29-20-12-10-18-27(29)33-32(31-25-16-8-7-13-23(25)21-22-30(31)37)26-17-9-11-19-28(26)35(33)24-14-5-4-6-15-24;34-35(22-13-5-2-6-14-22)25-17-9-19-32-29(25)27-23-15-7-8-16-24(23)31(21-11-3-1-4-12-21)28(27)30-26(35)18-10-20-33-30;1-30(2,3)33(32)26-19-11-8-16-23(26)28-22-15-7-10-18-25(22)31(21-13-5-4-6-14-21)29(28)24-17-9-12-20-27(24)33/h1-24H;4-22H,1-3H3;1-20H;4-20H,1-3H3. The zero-order chi connectivity index (χ0) is 97.5. The van der Waals surface area contributed by atoms with E-state index in [1.165, 1.54) is 104 Å². The predicted molar refractivity (Wildman–Crippen MR) is 617 cm³/mol. The van der Waals surface area contributed by atoms with Crippen LogP contribution in [0.5, 0.6) is 0 Å². The van der Waals surface area contributed by atoms with E-state index in [0.717, 1.165) is 125 Å². The van der Waals surface area contributed by atoms with E-state index in [1.54, 1.807) is 6.20 Å². The Balaban J connectivity index is 0.000000101. The Morgan fingerprint density at radius 2 is 0.472 bits per heavy atom. The molecular formula is C130H98B4N2O4P4. The van der Waals surface area contributed by atoms with Crippen LogP contribution >= 0.6 is 28.6 Å². The molecule has 684 valence electrons. The molecule has 4 unspecified atom stereocenters. The fraction of sp³-hybridized carbons (Fsp3) is 0.0615. The van der Waals surface area contributed by atoms with Crippen molar-refractivity contribution in [3.8, 4) is 0 Å². The van der Waals surface area contributed by atoms with E-state index in [9.17, 15) is 0 Å². The molecule has 18 aromatic carbocycles. The first-order chi connectivity index (χ1) is 70.4. The van der Waals surface area contributed by atoms with Gasteiger partial charge in [-0.2, -0.15) is 0 Å². The van der Waals surface area contributed by atoms with Gasteiger partial charge in [-0.25, -0.2) is 0 Å². The molecule has 0 radical (unpaired) electrons. The van der Waals surface area contributed by atoms with E-state index >= 15 is 18.3 Å². The first-order valence-electron chi connectivity index (χ1n) is 49.8.